The Morgan fingerprint density at radius 3 is 2.64 bits per heavy atom. The average Bonchev–Trinajstić information content (AvgIpc) is 3.45. The van der Waals surface area contributed by atoms with Gasteiger partial charge in [0.1, 0.15) is 17.3 Å². The maximum atomic E-state index is 13.6. The number of hydrogen-bond acceptors (Lipinski definition) is 7. The van der Waals surface area contributed by atoms with E-state index in [1.165, 1.54) is 0 Å². The molecule has 36 heavy (non-hydrogen) atoms. The Labute approximate surface area is 211 Å². The highest BCUT2D eigenvalue weighted by Crippen LogP contribution is 2.30. The number of nitrogens with one attached hydrogen (secondary N) is 1. The van der Waals surface area contributed by atoms with Crippen LogP contribution in [0.25, 0.3) is 22.3 Å². The SMILES string of the molecule is Cc1cc(-c2cc(C(=O)NCc3cccnc3N3CCN(C)CC3)c3cnn(C(C)C)c3n2)c(C)o1. The van der Waals surface area contributed by atoms with Crippen LogP contribution in [0.4, 0.5) is 5.82 Å². The van der Waals surface area contributed by atoms with E-state index < -0.39 is 0 Å². The van der Waals surface area contributed by atoms with E-state index in [0.717, 1.165) is 60.0 Å². The van der Waals surface area contributed by atoms with Gasteiger partial charge in [-0.3, -0.25) is 4.79 Å². The van der Waals surface area contributed by atoms with Gasteiger partial charge in [0.2, 0.25) is 0 Å². The lowest BCUT2D eigenvalue weighted by atomic mass is 10.1. The maximum Gasteiger partial charge on any atom is 0.252 e. The second-order valence-corrected chi connectivity index (χ2v) is 9.76. The van der Waals surface area contributed by atoms with E-state index >= 15 is 0 Å². The molecule has 9 nitrogen and oxygen atoms in total. The van der Waals surface area contributed by atoms with Gasteiger partial charge >= 0.3 is 0 Å². The number of fused-ring (bicyclic) bond motifs is 1. The summed E-state index contributed by atoms with van der Waals surface area (Å²) in [5, 5.41) is 8.39. The Morgan fingerprint density at radius 2 is 1.94 bits per heavy atom. The molecule has 4 aromatic heterocycles. The highest BCUT2D eigenvalue weighted by atomic mass is 16.3. The molecule has 0 saturated carbocycles. The van der Waals surface area contributed by atoms with E-state index in [2.05, 4.69) is 46.1 Å². The predicted molar refractivity (Wildman–Crippen MR) is 140 cm³/mol. The molecule has 1 amide bonds. The molecule has 1 saturated heterocycles. The third kappa shape index (κ3) is 4.58. The minimum Gasteiger partial charge on any atom is -0.466 e. The number of rotatable bonds is 6. The van der Waals surface area contributed by atoms with Crippen molar-refractivity contribution in [3.63, 3.8) is 0 Å². The number of pyridine rings is 2. The molecule has 0 radical (unpaired) electrons. The summed E-state index contributed by atoms with van der Waals surface area (Å²) in [6, 6.07) is 7.85. The van der Waals surface area contributed by atoms with Crippen molar-refractivity contribution in [1.29, 1.82) is 0 Å². The van der Waals surface area contributed by atoms with Gasteiger partial charge in [0.25, 0.3) is 5.91 Å². The maximum absolute atomic E-state index is 13.6. The monoisotopic (exact) mass is 487 g/mol. The summed E-state index contributed by atoms with van der Waals surface area (Å²) in [6.45, 7) is 12.1. The third-order valence-corrected chi connectivity index (χ3v) is 6.73. The van der Waals surface area contributed by atoms with Crippen molar-refractivity contribution in [2.45, 2.75) is 40.3 Å². The standard InChI is InChI=1S/C27H33N7O2/c1-17(2)34-26-23(16-30-34)22(14-24(31-26)21-13-18(3)36-19(21)4)27(35)29-15-20-7-6-8-28-25(20)33-11-9-32(5)10-12-33/h6-8,13-14,16-17H,9-12,15H2,1-5H3,(H,29,35). The average molecular weight is 488 g/mol. The first kappa shape index (κ1) is 24.0. The van der Waals surface area contributed by atoms with Crippen LogP contribution >= 0.6 is 0 Å². The molecule has 5 rings (SSSR count). The zero-order chi connectivity index (χ0) is 25.4. The molecule has 1 aliphatic rings. The molecule has 1 N–H and O–H groups in total. The molecule has 0 atom stereocenters. The summed E-state index contributed by atoms with van der Waals surface area (Å²) >= 11 is 0. The summed E-state index contributed by atoms with van der Waals surface area (Å²) in [5.41, 5.74) is 3.81. The minimum atomic E-state index is -0.169. The second-order valence-electron chi connectivity index (χ2n) is 9.76. The zero-order valence-corrected chi connectivity index (χ0v) is 21.6. The van der Waals surface area contributed by atoms with E-state index in [4.69, 9.17) is 9.40 Å². The molecule has 1 fully saturated rings. The van der Waals surface area contributed by atoms with E-state index in [1.807, 2.05) is 49.0 Å². The normalized spacial score (nSPS) is 14.7. The van der Waals surface area contributed by atoms with Gasteiger partial charge in [-0.1, -0.05) is 6.07 Å². The topological polar surface area (TPSA) is 92.3 Å². The number of carbonyl (C=O) groups is 1. The van der Waals surface area contributed by atoms with Crippen LogP contribution < -0.4 is 10.2 Å². The fourth-order valence-electron chi connectivity index (χ4n) is 4.75. The molecule has 1 aliphatic heterocycles. The number of carbonyl (C=O) groups excluding carboxylic acids is 1. The minimum absolute atomic E-state index is 0.106. The van der Waals surface area contributed by atoms with Gasteiger partial charge in [-0.2, -0.15) is 5.10 Å². The van der Waals surface area contributed by atoms with Crippen LogP contribution in [0.5, 0.6) is 0 Å². The molecule has 4 aromatic rings. The Morgan fingerprint density at radius 1 is 1.17 bits per heavy atom. The number of aryl methyl sites for hydroxylation is 2. The van der Waals surface area contributed by atoms with Crippen molar-refractivity contribution in [3.8, 4) is 11.3 Å². The number of furan rings is 1. The number of amides is 1. The number of nitrogens with zero attached hydrogens (tertiary/aromatic N) is 6. The largest absolute Gasteiger partial charge is 0.466 e. The molecular weight excluding hydrogens is 454 g/mol. The lowest BCUT2D eigenvalue weighted by Crippen LogP contribution is -2.45. The Balaban J connectivity index is 1.47. The van der Waals surface area contributed by atoms with Crippen LogP contribution in [0.3, 0.4) is 0 Å². The molecule has 0 unspecified atom stereocenters. The van der Waals surface area contributed by atoms with Crippen molar-refractivity contribution in [2.24, 2.45) is 0 Å². The van der Waals surface area contributed by atoms with Crippen molar-refractivity contribution < 1.29 is 9.21 Å². The van der Waals surface area contributed by atoms with Gasteiger partial charge < -0.3 is 19.5 Å². The number of aromatic nitrogens is 4. The van der Waals surface area contributed by atoms with Gasteiger partial charge in [-0.15, -0.1) is 0 Å². The van der Waals surface area contributed by atoms with Crippen molar-refractivity contribution in [3.05, 3.63) is 59.3 Å². The molecule has 0 bridgehead atoms. The molecule has 0 spiro atoms. The van der Waals surface area contributed by atoms with E-state index in [0.29, 0.717) is 23.4 Å². The fourth-order valence-corrected chi connectivity index (χ4v) is 4.75. The second kappa shape index (κ2) is 9.73. The highest BCUT2D eigenvalue weighted by Gasteiger charge is 2.22. The molecule has 5 heterocycles. The lowest BCUT2D eigenvalue weighted by molar-refractivity contribution is 0.0952. The Kier molecular flexibility index (Phi) is 6.49. The Bertz CT molecular complexity index is 1400. The first-order chi connectivity index (χ1) is 17.3. The van der Waals surface area contributed by atoms with Crippen molar-refractivity contribution in [1.82, 2.24) is 30.0 Å². The van der Waals surface area contributed by atoms with Crippen LogP contribution in [-0.2, 0) is 6.54 Å². The van der Waals surface area contributed by atoms with Crippen molar-refractivity contribution in [2.75, 3.05) is 38.1 Å². The zero-order valence-electron chi connectivity index (χ0n) is 21.6. The summed E-state index contributed by atoms with van der Waals surface area (Å²) < 4.78 is 7.60. The van der Waals surface area contributed by atoms with Gasteiger partial charge in [0.15, 0.2) is 5.65 Å². The van der Waals surface area contributed by atoms with Crippen molar-refractivity contribution >= 4 is 22.8 Å². The summed E-state index contributed by atoms with van der Waals surface area (Å²) in [7, 11) is 2.13. The van der Waals surface area contributed by atoms with Crippen LogP contribution in [0, 0.1) is 13.8 Å². The molecule has 0 aromatic carbocycles. The van der Waals surface area contributed by atoms with E-state index in [-0.39, 0.29) is 11.9 Å². The number of hydrogen-bond donors (Lipinski definition) is 1. The highest BCUT2D eigenvalue weighted by molar-refractivity contribution is 6.06. The van der Waals surface area contributed by atoms with E-state index in [1.54, 1.807) is 6.20 Å². The summed E-state index contributed by atoms with van der Waals surface area (Å²) in [4.78, 5) is 27.7. The molecule has 9 heteroatoms. The van der Waals surface area contributed by atoms with E-state index in [9.17, 15) is 4.79 Å². The summed E-state index contributed by atoms with van der Waals surface area (Å²) in [5.74, 6) is 2.34. The first-order valence-corrected chi connectivity index (χ1v) is 12.4. The van der Waals surface area contributed by atoms with Gasteiger partial charge in [0, 0.05) is 56.1 Å². The molecule has 188 valence electrons. The third-order valence-electron chi connectivity index (χ3n) is 6.73. The fraction of sp³-hybridized carbons (Fsp3) is 0.407. The number of likely N-dealkylation sites (N-methyl/N-ethyl adjacent to an activating group) is 1. The van der Waals surface area contributed by atoms with Crippen LogP contribution in [0.15, 0.2) is 41.1 Å². The van der Waals surface area contributed by atoms with Crippen LogP contribution in [-0.4, -0.2) is 63.8 Å². The van der Waals surface area contributed by atoms with Gasteiger partial charge in [-0.25, -0.2) is 14.6 Å². The molecule has 0 aliphatic carbocycles. The predicted octanol–water partition coefficient (Wildman–Crippen LogP) is 3.97. The first-order valence-electron chi connectivity index (χ1n) is 12.4. The van der Waals surface area contributed by atoms with Gasteiger partial charge in [-0.05, 0) is 52.9 Å². The van der Waals surface area contributed by atoms with Gasteiger partial charge in [0.05, 0.1) is 22.8 Å². The van der Waals surface area contributed by atoms with Crippen LogP contribution in [0.2, 0.25) is 0 Å². The Hall–Kier alpha value is -3.72. The number of piperazine rings is 1. The smallest absolute Gasteiger partial charge is 0.252 e. The van der Waals surface area contributed by atoms with Crippen LogP contribution in [0.1, 0.15) is 47.3 Å². The molecular formula is C27H33N7O2. The lowest BCUT2D eigenvalue weighted by Gasteiger charge is -2.34. The number of anilines is 1. The summed E-state index contributed by atoms with van der Waals surface area (Å²) in [6.07, 6.45) is 3.54. The quantitative estimate of drug-likeness (QED) is 0.440.